The average molecular weight is 329 g/mol. The molecule has 0 unspecified atom stereocenters. The average Bonchev–Trinajstić information content (AvgIpc) is 2.58. The van der Waals surface area contributed by atoms with Crippen LogP contribution in [-0.2, 0) is 6.54 Å². The summed E-state index contributed by atoms with van der Waals surface area (Å²) in [6.07, 6.45) is -0.817. The first-order chi connectivity index (χ1) is 11.5. The fourth-order valence-electron chi connectivity index (χ4n) is 2.34. The molecule has 2 aromatic rings. The highest BCUT2D eigenvalue weighted by Crippen LogP contribution is 2.17. The number of hydrogen-bond donors (Lipinski definition) is 3. The van der Waals surface area contributed by atoms with E-state index in [0.29, 0.717) is 5.56 Å². The highest BCUT2D eigenvalue weighted by Gasteiger charge is 2.14. The van der Waals surface area contributed by atoms with Crippen molar-refractivity contribution in [2.45, 2.75) is 19.6 Å². The smallest absolute Gasteiger partial charge is 0.315 e. The van der Waals surface area contributed by atoms with Crippen LogP contribution >= 0.6 is 0 Å². The van der Waals surface area contributed by atoms with Gasteiger partial charge in [-0.3, -0.25) is 10.1 Å². The molecule has 0 saturated heterocycles. The number of nitro benzene ring substituents is 1. The minimum atomic E-state index is -0.817. The lowest BCUT2D eigenvalue weighted by Crippen LogP contribution is -2.37. The maximum absolute atomic E-state index is 11.8. The van der Waals surface area contributed by atoms with Gasteiger partial charge in [0.15, 0.2) is 0 Å². The van der Waals surface area contributed by atoms with Crippen molar-refractivity contribution in [1.29, 1.82) is 0 Å². The summed E-state index contributed by atoms with van der Waals surface area (Å²) in [5.41, 5.74) is 2.05. The third kappa shape index (κ3) is 4.53. The lowest BCUT2D eigenvalue weighted by molar-refractivity contribution is -0.385. The van der Waals surface area contributed by atoms with E-state index in [2.05, 4.69) is 10.6 Å². The van der Waals surface area contributed by atoms with Crippen LogP contribution in [0.25, 0.3) is 0 Å². The van der Waals surface area contributed by atoms with Crippen LogP contribution in [0.3, 0.4) is 0 Å². The van der Waals surface area contributed by atoms with E-state index in [1.807, 2.05) is 25.1 Å². The van der Waals surface area contributed by atoms with Gasteiger partial charge in [-0.2, -0.15) is 0 Å². The normalized spacial score (nSPS) is 11.6. The predicted octanol–water partition coefficient (Wildman–Crippen LogP) is 2.44. The van der Waals surface area contributed by atoms with Gasteiger partial charge < -0.3 is 15.7 Å². The molecule has 0 fully saturated rings. The van der Waals surface area contributed by atoms with Gasteiger partial charge in [-0.05, 0) is 18.1 Å². The number of aryl methyl sites for hydroxylation is 1. The van der Waals surface area contributed by atoms with Crippen molar-refractivity contribution in [3.63, 3.8) is 0 Å². The number of rotatable bonds is 6. The molecule has 126 valence electrons. The number of aliphatic hydroxyl groups is 1. The molecule has 0 aliphatic carbocycles. The minimum Gasteiger partial charge on any atom is -0.387 e. The number of amides is 2. The van der Waals surface area contributed by atoms with Crippen LogP contribution in [0.5, 0.6) is 0 Å². The van der Waals surface area contributed by atoms with E-state index in [9.17, 15) is 20.0 Å². The SMILES string of the molecule is Cc1ccccc1[C@H](O)CNC(=O)NCc1ccccc1[N+](=O)[O-]. The van der Waals surface area contributed by atoms with E-state index in [4.69, 9.17) is 0 Å². The van der Waals surface area contributed by atoms with Crippen LogP contribution in [0, 0.1) is 17.0 Å². The molecule has 7 heteroatoms. The standard InChI is InChI=1S/C17H19N3O4/c1-12-6-2-4-8-14(12)16(21)11-19-17(22)18-10-13-7-3-5-9-15(13)20(23)24/h2-9,16,21H,10-11H2,1H3,(H2,18,19,22)/t16-/m1/s1. The highest BCUT2D eigenvalue weighted by molar-refractivity contribution is 5.74. The van der Waals surface area contributed by atoms with Gasteiger partial charge in [0.1, 0.15) is 0 Å². The number of nitrogens with zero attached hydrogens (tertiary/aromatic N) is 1. The zero-order chi connectivity index (χ0) is 17.5. The third-order valence-electron chi connectivity index (χ3n) is 3.63. The number of para-hydroxylation sites is 1. The molecule has 0 spiro atoms. The first kappa shape index (κ1) is 17.4. The fourth-order valence-corrected chi connectivity index (χ4v) is 2.34. The quantitative estimate of drug-likeness (QED) is 0.559. The summed E-state index contributed by atoms with van der Waals surface area (Å²) in [6, 6.07) is 13.1. The van der Waals surface area contributed by atoms with E-state index in [1.165, 1.54) is 6.07 Å². The number of carbonyl (C=O) groups excluding carboxylic acids is 1. The van der Waals surface area contributed by atoms with Crippen LogP contribution in [0.1, 0.15) is 22.8 Å². The molecular formula is C17H19N3O4. The van der Waals surface area contributed by atoms with Gasteiger partial charge in [0.25, 0.3) is 5.69 Å². The van der Waals surface area contributed by atoms with E-state index < -0.39 is 17.1 Å². The van der Waals surface area contributed by atoms with E-state index in [0.717, 1.165) is 11.1 Å². The van der Waals surface area contributed by atoms with Crippen molar-refractivity contribution < 1.29 is 14.8 Å². The second kappa shape index (κ2) is 8.07. The monoisotopic (exact) mass is 329 g/mol. The molecule has 2 amide bonds. The first-order valence-corrected chi connectivity index (χ1v) is 7.46. The van der Waals surface area contributed by atoms with Gasteiger partial charge in [-0.25, -0.2) is 4.79 Å². The van der Waals surface area contributed by atoms with Gasteiger partial charge >= 0.3 is 6.03 Å². The molecule has 0 aromatic heterocycles. The van der Waals surface area contributed by atoms with E-state index >= 15 is 0 Å². The number of benzene rings is 2. The number of carbonyl (C=O) groups is 1. The Hall–Kier alpha value is -2.93. The van der Waals surface area contributed by atoms with Crippen molar-refractivity contribution in [2.24, 2.45) is 0 Å². The van der Waals surface area contributed by atoms with Crippen LogP contribution in [0.4, 0.5) is 10.5 Å². The molecule has 2 aromatic carbocycles. The Balaban J connectivity index is 1.86. The summed E-state index contributed by atoms with van der Waals surface area (Å²) in [6.45, 7) is 1.96. The van der Waals surface area contributed by atoms with Gasteiger partial charge in [0.05, 0.1) is 17.6 Å². The maximum Gasteiger partial charge on any atom is 0.315 e. The molecule has 0 radical (unpaired) electrons. The number of nitro groups is 1. The molecule has 0 bridgehead atoms. The van der Waals surface area contributed by atoms with Crippen molar-refractivity contribution in [1.82, 2.24) is 10.6 Å². The Bertz CT molecular complexity index is 733. The van der Waals surface area contributed by atoms with E-state index in [-0.39, 0.29) is 18.8 Å². The Morgan fingerprint density at radius 1 is 1.17 bits per heavy atom. The Kier molecular flexibility index (Phi) is 5.86. The van der Waals surface area contributed by atoms with Gasteiger partial charge in [-0.1, -0.05) is 42.5 Å². The first-order valence-electron chi connectivity index (χ1n) is 7.46. The predicted molar refractivity (Wildman–Crippen MR) is 89.5 cm³/mol. The minimum absolute atomic E-state index is 0.0312. The van der Waals surface area contributed by atoms with E-state index in [1.54, 1.807) is 24.3 Å². The maximum atomic E-state index is 11.8. The fraction of sp³-hybridized carbons (Fsp3) is 0.235. The van der Waals surface area contributed by atoms with Gasteiger partial charge in [0, 0.05) is 18.2 Å². The Morgan fingerprint density at radius 2 is 1.83 bits per heavy atom. The number of nitrogens with one attached hydrogen (secondary N) is 2. The van der Waals surface area contributed by atoms with Crippen molar-refractivity contribution in [3.05, 3.63) is 75.3 Å². The molecule has 2 rings (SSSR count). The third-order valence-corrected chi connectivity index (χ3v) is 3.63. The largest absolute Gasteiger partial charge is 0.387 e. The van der Waals surface area contributed by atoms with Gasteiger partial charge in [0.2, 0.25) is 0 Å². The zero-order valence-electron chi connectivity index (χ0n) is 13.2. The number of urea groups is 1. The second-order valence-corrected chi connectivity index (χ2v) is 5.32. The summed E-state index contributed by atoms with van der Waals surface area (Å²) in [5.74, 6) is 0. The molecule has 3 N–H and O–H groups in total. The molecule has 0 saturated carbocycles. The molecule has 1 atom stereocenters. The summed E-state index contributed by atoms with van der Waals surface area (Å²) in [7, 11) is 0. The lowest BCUT2D eigenvalue weighted by atomic mass is 10.0. The van der Waals surface area contributed by atoms with Gasteiger partial charge in [-0.15, -0.1) is 0 Å². The molecule has 24 heavy (non-hydrogen) atoms. The van der Waals surface area contributed by atoms with Crippen LogP contribution in [0.2, 0.25) is 0 Å². The summed E-state index contributed by atoms with van der Waals surface area (Å²) < 4.78 is 0. The van der Waals surface area contributed by atoms with Crippen molar-refractivity contribution in [2.75, 3.05) is 6.54 Å². The molecule has 0 heterocycles. The molecule has 7 nitrogen and oxygen atoms in total. The molecule has 0 aliphatic rings. The summed E-state index contributed by atoms with van der Waals surface area (Å²) in [5, 5.41) is 26.1. The van der Waals surface area contributed by atoms with Crippen molar-refractivity contribution >= 4 is 11.7 Å². The van der Waals surface area contributed by atoms with Crippen molar-refractivity contribution in [3.8, 4) is 0 Å². The lowest BCUT2D eigenvalue weighted by Gasteiger charge is -2.15. The van der Waals surface area contributed by atoms with Crippen LogP contribution < -0.4 is 10.6 Å². The van der Waals surface area contributed by atoms with Crippen LogP contribution in [-0.4, -0.2) is 22.6 Å². The van der Waals surface area contributed by atoms with Crippen LogP contribution in [0.15, 0.2) is 48.5 Å². The number of hydrogen-bond acceptors (Lipinski definition) is 4. The highest BCUT2D eigenvalue weighted by atomic mass is 16.6. The number of aliphatic hydroxyl groups excluding tert-OH is 1. The summed E-state index contributed by atoms with van der Waals surface area (Å²) >= 11 is 0. The summed E-state index contributed by atoms with van der Waals surface area (Å²) in [4.78, 5) is 22.2. The zero-order valence-corrected chi connectivity index (χ0v) is 13.2. The molecule has 0 aliphatic heterocycles. The Labute approximate surface area is 139 Å². The second-order valence-electron chi connectivity index (χ2n) is 5.32. The Morgan fingerprint density at radius 3 is 2.54 bits per heavy atom. The topological polar surface area (TPSA) is 104 Å². The molecular weight excluding hydrogens is 310 g/mol.